The molecular weight excluding hydrogens is 864 g/mol. The fourth-order valence-electron chi connectivity index (χ4n) is 7.97. The molecule has 67 heavy (non-hydrogen) atoms. The first-order valence-electron chi connectivity index (χ1n) is 21.7. The van der Waals surface area contributed by atoms with Crippen LogP contribution in [0.25, 0.3) is 32.7 Å². The van der Waals surface area contributed by atoms with E-state index in [1.165, 1.54) is 48.5 Å². The van der Waals surface area contributed by atoms with Gasteiger partial charge in [-0.15, -0.1) is 0 Å². The third kappa shape index (κ3) is 11.6. The highest BCUT2D eigenvalue weighted by atomic mass is 19.1. The van der Waals surface area contributed by atoms with Crippen LogP contribution < -0.4 is 26.6 Å². The number of aromatic hydroxyl groups is 1. The fraction of sp³-hybridized carbons (Fsp3) is 0.265. The van der Waals surface area contributed by atoms with Gasteiger partial charge in [0.05, 0.1) is 6.61 Å². The number of carboxylic acid groups (broad SMARTS) is 1. The Morgan fingerprint density at radius 2 is 1.10 bits per heavy atom. The maximum Gasteiger partial charge on any atom is 0.326 e. The molecule has 5 amide bonds. The Bertz CT molecular complexity index is 2920. The van der Waals surface area contributed by atoms with Crippen molar-refractivity contribution in [2.75, 3.05) is 6.61 Å². The first-order valence-corrected chi connectivity index (χ1v) is 21.7. The number of rotatable bonds is 20. The van der Waals surface area contributed by atoms with Gasteiger partial charge in [-0.2, -0.15) is 0 Å². The number of H-pyrrole nitrogens is 3. The number of hydrogen-bond donors (Lipinski definition) is 11. The highest BCUT2D eigenvalue weighted by Crippen LogP contribution is 2.22. The summed E-state index contributed by atoms with van der Waals surface area (Å²) in [6, 6.07) is 18.7. The second-order valence-corrected chi connectivity index (χ2v) is 16.8. The van der Waals surface area contributed by atoms with Crippen molar-refractivity contribution in [2.24, 2.45) is 5.92 Å². The number of aliphatic hydroxyl groups is 1. The lowest BCUT2D eigenvalue weighted by molar-refractivity contribution is -0.142. The minimum absolute atomic E-state index is 0.0342. The van der Waals surface area contributed by atoms with Crippen LogP contribution in [0.15, 0.2) is 109 Å². The van der Waals surface area contributed by atoms with Gasteiger partial charge in [0.2, 0.25) is 23.6 Å². The molecule has 0 saturated carbocycles. The number of fused-ring (bicyclic) bond motifs is 3. The van der Waals surface area contributed by atoms with Gasteiger partial charge in [0.15, 0.2) is 0 Å². The number of phenols is 1. The highest BCUT2D eigenvalue weighted by molar-refractivity contribution is 6.01. The topological polar surface area (TPSA) is 271 Å². The van der Waals surface area contributed by atoms with E-state index in [-0.39, 0.29) is 43.0 Å². The number of amides is 5. The molecule has 0 saturated heterocycles. The quantitative estimate of drug-likeness (QED) is 0.0529. The number of hydrogen-bond acceptors (Lipinski definition) is 8. The number of aromatic amines is 3. The van der Waals surface area contributed by atoms with Gasteiger partial charge in [-0.25, -0.2) is 9.18 Å². The number of para-hydroxylation sites is 2. The van der Waals surface area contributed by atoms with Gasteiger partial charge in [-0.3, -0.25) is 24.0 Å². The van der Waals surface area contributed by atoms with E-state index in [1.807, 2.05) is 42.5 Å². The second-order valence-electron chi connectivity index (χ2n) is 16.8. The monoisotopic (exact) mass is 914 g/mol. The zero-order chi connectivity index (χ0) is 47.8. The molecule has 0 fully saturated rings. The predicted molar refractivity (Wildman–Crippen MR) is 247 cm³/mol. The molecule has 0 bridgehead atoms. The number of benzene rings is 4. The summed E-state index contributed by atoms with van der Waals surface area (Å²) < 4.78 is 14.0. The molecule has 0 aliphatic heterocycles. The van der Waals surface area contributed by atoms with Crippen LogP contribution in [0.2, 0.25) is 0 Å². The first kappa shape index (κ1) is 47.0. The zero-order valence-corrected chi connectivity index (χ0v) is 36.6. The van der Waals surface area contributed by atoms with Gasteiger partial charge in [-0.1, -0.05) is 62.4 Å². The van der Waals surface area contributed by atoms with Crippen molar-refractivity contribution in [3.05, 3.63) is 138 Å². The van der Waals surface area contributed by atoms with Crippen molar-refractivity contribution in [3.8, 4) is 5.75 Å². The lowest BCUT2D eigenvalue weighted by Gasteiger charge is -2.27. The zero-order valence-electron chi connectivity index (χ0n) is 36.6. The number of aliphatic hydroxyl groups excluding tert-OH is 1. The van der Waals surface area contributed by atoms with Crippen LogP contribution in [0, 0.1) is 11.7 Å². The number of phenolic OH excluding ortho intramolecular Hbond substituents is 1. The van der Waals surface area contributed by atoms with E-state index in [1.54, 1.807) is 32.3 Å². The molecule has 4 aromatic carbocycles. The average Bonchev–Trinajstić information content (AvgIpc) is 4.04. The van der Waals surface area contributed by atoms with Crippen LogP contribution >= 0.6 is 0 Å². The van der Waals surface area contributed by atoms with E-state index in [2.05, 4.69) is 41.5 Å². The van der Waals surface area contributed by atoms with Gasteiger partial charge < -0.3 is 56.9 Å². The number of carbonyl (C=O) groups excluding carboxylic acids is 5. The summed E-state index contributed by atoms with van der Waals surface area (Å²) in [4.78, 5) is 91.8. The molecule has 5 atom stereocenters. The minimum atomic E-state index is -1.67. The molecule has 11 N–H and O–H groups in total. The van der Waals surface area contributed by atoms with E-state index in [9.17, 15) is 48.5 Å². The van der Waals surface area contributed by atoms with Crippen molar-refractivity contribution >= 4 is 68.2 Å². The number of aromatic nitrogens is 3. The summed E-state index contributed by atoms with van der Waals surface area (Å²) in [5.74, 6) is -6.14. The predicted octanol–water partition coefficient (Wildman–Crippen LogP) is 3.86. The van der Waals surface area contributed by atoms with Gasteiger partial charge >= 0.3 is 5.97 Å². The molecule has 7 rings (SSSR count). The maximum atomic E-state index is 14.4. The molecule has 348 valence electrons. The summed E-state index contributed by atoms with van der Waals surface area (Å²) >= 11 is 0. The third-order valence-electron chi connectivity index (χ3n) is 11.4. The number of aliphatic carboxylic acids is 1. The maximum absolute atomic E-state index is 14.4. The SMILES string of the molecule is CC(C)C[C@H](NC(=O)[C@@H](Cc1c[nH]c2ccccc12)NC(=O)[C@H](Cc1ccc(O)cc1)NC(=O)[C@H](CO)NC(=O)[C@@H](Cc1c[nH]c2ccccc12)NC(=O)c1cc2cc(F)ccc2[nH]1)C(=O)O. The molecule has 0 unspecified atom stereocenters. The lowest BCUT2D eigenvalue weighted by atomic mass is 10.00. The van der Waals surface area contributed by atoms with Crippen molar-refractivity contribution in [3.63, 3.8) is 0 Å². The molecule has 3 heterocycles. The molecule has 0 radical (unpaired) electrons. The van der Waals surface area contributed by atoms with Gasteiger partial charge in [0.25, 0.3) is 5.91 Å². The molecule has 0 aliphatic rings. The van der Waals surface area contributed by atoms with E-state index in [0.29, 0.717) is 27.6 Å². The number of carboxylic acids is 1. The molecule has 3 aromatic heterocycles. The van der Waals surface area contributed by atoms with E-state index in [4.69, 9.17) is 0 Å². The highest BCUT2D eigenvalue weighted by Gasteiger charge is 2.34. The van der Waals surface area contributed by atoms with E-state index >= 15 is 0 Å². The molecule has 0 spiro atoms. The lowest BCUT2D eigenvalue weighted by Crippen LogP contribution is -2.60. The largest absolute Gasteiger partial charge is 0.508 e. The molecule has 17 nitrogen and oxygen atoms in total. The summed E-state index contributed by atoms with van der Waals surface area (Å²) in [6.45, 7) is 2.67. The van der Waals surface area contributed by atoms with Crippen molar-refractivity contribution in [2.45, 2.75) is 69.7 Å². The van der Waals surface area contributed by atoms with Crippen molar-refractivity contribution in [1.82, 2.24) is 41.5 Å². The Labute approximate surface area is 382 Å². The van der Waals surface area contributed by atoms with Crippen LogP contribution in [-0.4, -0.2) is 103 Å². The van der Waals surface area contributed by atoms with Crippen LogP contribution in [0.4, 0.5) is 4.39 Å². The standard InChI is InChI=1S/C49H51FN8O9/c1-26(2)17-42(49(66)67)57-46(63)40(21-29-23-51-36-9-5-3-7-33(29)36)55-44(61)38(18-27-11-14-32(60)15-12-27)54-48(65)43(25-59)58-47(64)41(22-30-24-52-37-10-6-4-8-34(30)37)56-45(62)39-20-28-19-31(50)13-16-35(28)53-39/h3-16,19-20,23-24,26,38,40-43,51-53,59-60H,17-18,21-22,25H2,1-2H3,(H,54,65)(H,55,61)(H,56,62)(H,57,63)(H,58,64)(H,66,67)/t38-,40+,41+,42-,43-/m0/s1. The van der Waals surface area contributed by atoms with Crippen LogP contribution in [0.1, 0.15) is 47.4 Å². The summed E-state index contributed by atoms with van der Waals surface area (Å²) in [7, 11) is 0. The Hall–Kier alpha value is -7.99. The van der Waals surface area contributed by atoms with Gasteiger partial charge in [0.1, 0.15) is 47.5 Å². The Morgan fingerprint density at radius 3 is 1.66 bits per heavy atom. The Balaban J connectivity index is 1.13. The average molecular weight is 915 g/mol. The third-order valence-corrected chi connectivity index (χ3v) is 11.4. The van der Waals surface area contributed by atoms with Crippen LogP contribution in [0.3, 0.4) is 0 Å². The Kier molecular flexibility index (Phi) is 14.6. The van der Waals surface area contributed by atoms with Crippen molar-refractivity contribution in [1.29, 1.82) is 0 Å². The van der Waals surface area contributed by atoms with Crippen LogP contribution in [-0.2, 0) is 43.2 Å². The number of halogens is 1. The molecule has 7 aromatic rings. The fourth-order valence-corrected chi connectivity index (χ4v) is 7.97. The smallest absolute Gasteiger partial charge is 0.326 e. The van der Waals surface area contributed by atoms with Crippen LogP contribution in [0.5, 0.6) is 5.75 Å². The number of nitrogens with one attached hydrogen (secondary N) is 8. The molecule has 0 aliphatic carbocycles. The second kappa shape index (κ2) is 20.9. The Morgan fingerprint density at radius 1 is 0.597 bits per heavy atom. The van der Waals surface area contributed by atoms with E-state index < -0.39 is 78.1 Å². The molecule has 18 heteroatoms. The van der Waals surface area contributed by atoms with Crippen molar-refractivity contribution < 1.29 is 48.5 Å². The minimum Gasteiger partial charge on any atom is -0.508 e. The van der Waals surface area contributed by atoms with Gasteiger partial charge in [0, 0.05) is 64.4 Å². The summed E-state index contributed by atoms with van der Waals surface area (Å²) in [5, 5.41) is 45.5. The number of carbonyl (C=O) groups is 6. The van der Waals surface area contributed by atoms with Gasteiger partial charge in [-0.05, 0) is 77.6 Å². The molecular formula is C49H51FN8O9. The first-order chi connectivity index (χ1) is 32.1. The summed E-state index contributed by atoms with van der Waals surface area (Å²) in [5.41, 5.74) is 3.81. The normalized spacial score (nSPS) is 13.7. The summed E-state index contributed by atoms with van der Waals surface area (Å²) in [6.07, 6.45) is 3.14. The van der Waals surface area contributed by atoms with E-state index in [0.717, 1.165) is 21.8 Å².